The van der Waals surface area contributed by atoms with Crippen LogP contribution in [-0.2, 0) is 6.42 Å². The maximum Gasteiger partial charge on any atom is 0.0903 e. The Morgan fingerprint density at radius 2 is 2.20 bits per heavy atom. The van der Waals surface area contributed by atoms with Crippen LogP contribution in [0.5, 0.6) is 0 Å². The molecule has 0 radical (unpaired) electrons. The summed E-state index contributed by atoms with van der Waals surface area (Å²) in [7, 11) is 0. The zero-order valence-corrected chi connectivity index (χ0v) is 13.1. The van der Waals surface area contributed by atoms with Gasteiger partial charge >= 0.3 is 0 Å². The predicted octanol–water partition coefficient (Wildman–Crippen LogP) is 4.11. The number of thiazole rings is 1. The van der Waals surface area contributed by atoms with Crippen molar-refractivity contribution in [2.45, 2.75) is 45.6 Å². The van der Waals surface area contributed by atoms with Gasteiger partial charge in [0.15, 0.2) is 0 Å². The van der Waals surface area contributed by atoms with Crippen LogP contribution in [0.3, 0.4) is 0 Å². The lowest BCUT2D eigenvalue weighted by Crippen LogP contribution is -2.35. The molecule has 1 aromatic carbocycles. The van der Waals surface area contributed by atoms with Gasteiger partial charge in [0.2, 0.25) is 0 Å². The van der Waals surface area contributed by atoms with Crippen molar-refractivity contribution in [1.82, 2.24) is 10.3 Å². The Hall–Kier alpha value is -1.19. The Labute approximate surface area is 125 Å². The molecular formula is C17H22N2S. The van der Waals surface area contributed by atoms with Gasteiger partial charge in [0.25, 0.3) is 0 Å². The van der Waals surface area contributed by atoms with Crippen LogP contribution in [0, 0.1) is 13.8 Å². The Morgan fingerprint density at radius 3 is 2.90 bits per heavy atom. The molecular weight excluding hydrogens is 264 g/mol. The molecule has 0 spiro atoms. The first kappa shape index (κ1) is 13.8. The van der Waals surface area contributed by atoms with E-state index in [1.165, 1.54) is 41.8 Å². The van der Waals surface area contributed by atoms with Crippen LogP contribution in [0.4, 0.5) is 0 Å². The highest BCUT2D eigenvalue weighted by atomic mass is 32.1. The molecule has 3 heteroatoms. The minimum Gasteiger partial charge on any atom is -0.314 e. The topological polar surface area (TPSA) is 24.9 Å². The Kier molecular flexibility index (Phi) is 4.18. The lowest BCUT2D eigenvalue weighted by Gasteiger charge is -2.23. The lowest BCUT2D eigenvalue weighted by atomic mass is 9.96. The summed E-state index contributed by atoms with van der Waals surface area (Å²) in [6.45, 7) is 5.36. The molecule has 0 unspecified atom stereocenters. The molecule has 106 valence electrons. The zero-order chi connectivity index (χ0) is 13.9. The van der Waals surface area contributed by atoms with Crippen molar-refractivity contribution in [3.05, 3.63) is 40.5 Å². The smallest absolute Gasteiger partial charge is 0.0903 e. The number of hydrogen-bond donors (Lipinski definition) is 1. The molecule has 2 nitrogen and oxygen atoms in total. The van der Waals surface area contributed by atoms with E-state index in [0.29, 0.717) is 6.04 Å². The molecule has 1 atom stereocenters. The number of hydrogen-bond acceptors (Lipinski definition) is 3. The van der Waals surface area contributed by atoms with E-state index in [1.54, 1.807) is 11.3 Å². The summed E-state index contributed by atoms with van der Waals surface area (Å²) in [5.41, 5.74) is 3.91. The fourth-order valence-corrected chi connectivity index (χ4v) is 3.94. The maximum absolute atomic E-state index is 4.54. The van der Waals surface area contributed by atoms with Crippen LogP contribution in [-0.4, -0.2) is 17.6 Å². The third kappa shape index (κ3) is 3.10. The number of aromatic nitrogens is 1. The van der Waals surface area contributed by atoms with Crippen molar-refractivity contribution in [3.63, 3.8) is 0 Å². The third-order valence-corrected chi connectivity index (χ3v) is 5.11. The molecule has 1 N–H and O–H groups in total. The monoisotopic (exact) mass is 286 g/mol. The molecule has 3 rings (SSSR count). The van der Waals surface area contributed by atoms with Gasteiger partial charge in [0, 0.05) is 6.04 Å². The first-order valence-corrected chi connectivity index (χ1v) is 8.31. The summed E-state index contributed by atoms with van der Waals surface area (Å²) >= 11 is 1.80. The van der Waals surface area contributed by atoms with E-state index in [-0.39, 0.29) is 0 Å². The van der Waals surface area contributed by atoms with E-state index >= 15 is 0 Å². The van der Waals surface area contributed by atoms with E-state index in [2.05, 4.69) is 48.4 Å². The largest absolute Gasteiger partial charge is 0.314 e. The van der Waals surface area contributed by atoms with Crippen LogP contribution < -0.4 is 5.32 Å². The van der Waals surface area contributed by atoms with Crippen molar-refractivity contribution in [1.29, 1.82) is 0 Å². The molecule has 0 bridgehead atoms. The van der Waals surface area contributed by atoms with Crippen molar-refractivity contribution in [3.8, 4) is 10.4 Å². The lowest BCUT2D eigenvalue weighted by molar-refractivity contribution is 0.399. The van der Waals surface area contributed by atoms with Gasteiger partial charge in [-0.1, -0.05) is 30.7 Å². The standard InChI is InChI=1S/C17H22N2S/c1-12-17(20-13(2)19-12)15-7-5-6-14(10-15)11-16-8-3-4-9-18-16/h5-7,10,16,18H,3-4,8-9,11H2,1-2H3/t16-/m0/s1. The molecule has 1 aliphatic rings. The van der Waals surface area contributed by atoms with Gasteiger partial charge < -0.3 is 5.32 Å². The summed E-state index contributed by atoms with van der Waals surface area (Å²) in [5, 5.41) is 4.78. The molecule has 2 aromatic rings. The second kappa shape index (κ2) is 6.06. The average molecular weight is 286 g/mol. The zero-order valence-electron chi connectivity index (χ0n) is 12.3. The maximum atomic E-state index is 4.54. The normalized spacial score (nSPS) is 19.2. The van der Waals surface area contributed by atoms with E-state index in [9.17, 15) is 0 Å². The van der Waals surface area contributed by atoms with Crippen LogP contribution in [0.25, 0.3) is 10.4 Å². The van der Waals surface area contributed by atoms with Crippen LogP contribution in [0.15, 0.2) is 24.3 Å². The van der Waals surface area contributed by atoms with E-state index in [4.69, 9.17) is 0 Å². The Bertz CT molecular complexity index is 582. The van der Waals surface area contributed by atoms with Gasteiger partial charge in [0.05, 0.1) is 15.6 Å². The van der Waals surface area contributed by atoms with Crippen LogP contribution in [0.2, 0.25) is 0 Å². The second-order valence-electron chi connectivity index (χ2n) is 5.70. The third-order valence-electron chi connectivity index (χ3n) is 3.99. The molecule has 1 aromatic heterocycles. The number of aryl methyl sites for hydroxylation is 2. The van der Waals surface area contributed by atoms with Gasteiger partial charge in [-0.15, -0.1) is 11.3 Å². The second-order valence-corrected chi connectivity index (χ2v) is 6.90. The Balaban J connectivity index is 1.80. The summed E-state index contributed by atoms with van der Waals surface area (Å²) in [6.07, 6.45) is 5.15. The summed E-state index contributed by atoms with van der Waals surface area (Å²) in [6, 6.07) is 9.64. The minimum absolute atomic E-state index is 0.656. The molecule has 20 heavy (non-hydrogen) atoms. The highest BCUT2D eigenvalue weighted by Gasteiger charge is 2.14. The molecule has 0 amide bonds. The molecule has 1 aliphatic heterocycles. The van der Waals surface area contributed by atoms with Gasteiger partial charge in [-0.2, -0.15) is 0 Å². The predicted molar refractivity (Wildman–Crippen MR) is 86.4 cm³/mol. The van der Waals surface area contributed by atoms with Gasteiger partial charge in [-0.25, -0.2) is 4.98 Å². The highest BCUT2D eigenvalue weighted by molar-refractivity contribution is 7.15. The van der Waals surface area contributed by atoms with Crippen LogP contribution >= 0.6 is 11.3 Å². The molecule has 0 saturated carbocycles. The molecule has 1 saturated heterocycles. The number of rotatable bonds is 3. The van der Waals surface area contributed by atoms with Crippen molar-refractivity contribution in [2.24, 2.45) is 0 Å². The van der Waals surface area contributed by atoms with Gasteiger partial charge in [-0.3, -0.25) is 0 Å². The number of nitrogens with one attached hydrogen (secondary N) is 1. The van der Waals surface area contributed by atoms with Crippen molar-refractivity contribution < 1.29 is 0 Å². The minimum atomic E-state index is 0.656. The first-order chi connectivity index (χ1) is 9.72. The number of piperidine rings is 1. The van der Waals surface area contributed by atoms with E-state index in [0.717, 1.165) is 17.1 Å². The number of nitrogens with zero attached hydrogens (tertiary/aromatic N) is 1. The first-order valence-electron chi connectivity index (χ1n) is 7.49. The summed E-state index contributed by atoms with van der Waals surface area (Å²) in [4.78, 5) is 5.86. The van der Waals surface area contributed by atoms with Crippen molar-refractivity contribution in [2.75, 3.05) is 6.54 Å². The fraction of sp³-hybridized carbons (Fsp3) is 0.471. The molecule has 1 fully saturated rings. The SMILES string of the molecule is Cc1nc(C)c(-c2cccc(C[C@@H]3CCCCN3)c2)s1. The van der Waals surface area contributed by atoms with Gasteiger partial charge in [0.1, 0.15) is 0 Å². The number of benzene rings is 1. The molecule has 2 heterocycles. The average Bonchev–Trinajstić information content (AvgIpc) is 2.79. The quantitative estimate of drug-likeness (QED) is 0.918. The highest BCUT2D eigenvalue weighted by Crippen LogP contribution is 2.30. The Morgan fingerprint density at radius 1 is 1.30 bits per heavy atom. The molecule has 0 aliphatic carbocycles. The fourth-order valence-electron chi connectivity index (χ4n) is 3.02. The van der Waals surface area contributed by atoms with Crippen molar-refractivity contribution >= 4 is 11.3 Å². The van der Waals surface area contributed by atoms with E-state index in [1.807, 2.05) is 0 Å². The van der Waals surface area contributed by atoms with Crippen LogP contribution in [0.1, 0.15) is 35.5 Å². The summed E-state index contributed by atoms with van der Waals surface area (Å²) < 4.78 is 0. The van der Waals surface area contributed by atoms with Gasteiger partial charge in [-0.05, 0) is 50.8 Å². The summed E-state index contributed by atoms with van der Waals surface area (Å²) in [5.74, 6) is 0. The van der Waals surface area contributed by atoms with E-state index < -0.39 is 0 Å².